The first-order valence-electron chi connectivity index (χ1n) is 11.3. The molecule has 0 aromatic carbocycles. The molecule has 1 unspecified atom stereocenters. The van der Waals surface area contributed by atoms with Gasteiger partial charge in [0, 0.05) is 24.8 Å². The number of carbonyl (C=O) groups is 2. The summed E-state index contributed by atoms with van der Waals surface area (Å²) < 4.78 is 69.6. The van der Waals surface area contributed by atoms with Crippen LogP contribution in [0.3, 0.4) is 0 Å². The van der Waals surface area contributed by atoms with Gasteiger partial charge in [-0.2, -0.15) is 13.2 Å². The zero-order chi connectivity index (χ0) is 26.6. The first-order valence-corrected chi connectivity index (χ1v) is 11.3. The van der Waals surface area contributed by atoms with Gasteiger partial charge in [-0.05, 0) is 37.8 Å². The first kappa shape index (κ1) is 24.6. The molecule has 5 rings (SSSR count). The number of halogens is 5. The molecule has 0 bridgehead atoms. The summed E-state index contributed by atoms with van der Waals surface area (Å²) in [6, 6.07) is 0.243. The third-order valence-corrected chi connectivity index (χ3v) is 6.18. The van der Waals surface area contributed by atoms with Crippen molar-refractivity contribution in [2.24, 2.45) is 5.92 Å². The lowest BCUT2D eigenvalue weighted by atomic mass is 10.1. The number of urea groups is 1. The molecule has 14 heteroatoms. The zero-order valence-electron chi connectivity index (χ0n) is 19.1. The van der Waals surface area contributed by atoms with Gasteiger partial charge >= 0.3 is 12.2 Å². The average molecular weight is 522 g/mol. The van der Waals surface area contributed by atoms with Crippen LogP contribution in [0.1, 0.15) is 30.1 Å². The van der Waals surface area contributed by atoms with Gasteiger partial charge in [-0.25, -0.2) is 23.5 Å². The van der Waals surface area contributed by atoms with E-state index in [0.717, 1.165) is 10.8 Å². The highest BCUT2D eigenvalue weighted by atomic mass is 19.4. The number of hydrogen-bond donors (Lipinski definition) is 2. The van der Waals surface area contributed by atoms with Crippen LogP contribution in [0.15, 0.2) is 35.4 Å². The molecule has 2 aliphatic rings. The van der Waals surface area contributed by atoms with E-state index in [1.807, 2.05) is 5.32 Å². The summed E-state index contributed by atoms with van der Waals surface area (Å²) in [6.45, 7) is 2.00. The number of nitrogens with one attached hydrogen (secondary N) is 2. The van der Waals surface area contributed by atoms with Crippen molar-refractivity contribution in [3.05, 3.63) is 58.0 Å². The number of anilines is 1. The molecule has 3 aromatic rings. The molecule has 3 amide bonds. The smallest absolute Gasteiger partial charge is 0.340 e. The Balaban J connectivity index is 1.67. The van der Waals surface area contributed by atoms with Crippen LogP contribution in [0.25, 0.3) is 16.9 Å². The van der Waals surface area contributed by atoms with Crippen LogP contribution in [-0.2, 0) is 0 Å². The standard InChI is InChI=1S/C23H19F5N6O3/c1-10-8-33(22(37)30-10)16-5-4-13-17(35)14(21(36)32-18(11-2-3-11)23(26,27)28)9-34(19(13)31-16)20-15(25)6-12(24)7-29-20/h4-7,9-11,18H,2-3,8H2,1H3,(H,30,37)(H,32,36)/t10-,18?/m1/s1. The van der Waals surface area contributed by atoms with Crippen molar-refractivity contribution in [3.63, 3.8) is 0 Å². The summed E-state index contributed by atoms with van der Waals surface area (Å²) >= 11 is 0. The van der Waals surface area contributed by atoms with Gasteiger partial charge in [-0.3, -0.25) is 19.1 Å². The molecule has 9 nitrogen and oxygen atoms in total. The first-order chi connectivity index (χ1) is 17.4. The third kappa shape index (κ3) is 4.58. The number of hydrogen-bond acceptors (Lipinski definition) is 5. The van der Waals surface area contributed by atoms with Crippen molar-refractivity contribution in [1.29, 1.82) is 0 Å². The third-order valence-electron chi connectivity index (χ3n) is 6.18. The number of amides is 3. The second-order valence-electron chi connectivity index (χ2n) is 9.03. The van der Waals surface area contributed by atoms with Crippen LogP contribution < -0.4 is 21.0 Å². The quantitative estimate of drug-likeness (QED) is 0.501. The van der Waals surface area contributed by atoms with Gasteiger partial charge in [-0.1, -0.05) is 0 Å². The Morgan fingerprint density at radius 3 is 2.54 bits per heavy atom. The Morgan fingerprint density at radius 2 is 1.95 bits per heavy atom. The highest BCUT2D eigenvalue weighted by Gasteiger charge is 2.50. The fourth-order valence-corrected chi connectivity index (χ4v) is 4.26. The van der Waals surface area contributed by atoms with Crippen LogP contribution in [0.2, 0.25) is 0 Å². The number of nitrogens with zero attached hydrogens (tertiary/aromatic N) is 4. The molecule has 1 saturated carbocycles. The van der Waals surface area contributed by atoms with Crippen molar-refractivity contribution in [2.75, 3.05) is 11.4 Å². The van der Waals surface area contributed by atoms with Crippen molar-refractivity contribution >= 4 is 28.8 Å². The molecule has 1 aliphatic carbocycles. The maximum Gasteiger partial charge on any atom is 0.408 e. The number of alkyl halides is 3. The van der Waals surface area contributed by atoms with Crippen molar-refractivity contribution in [3.8, 4) is 5.82 Å². The number of pyridine rings is 3. The number of aromatic nitrogens is 3. The largest absolute Gasteiger partial charge is 0.408 e. The number of carbonyl (C=O) groups excluding carboxylic acids is 2. The predicted molar refractivity (Wildman–Crippen MR) is 120 cm³/mol. The molecule has 1 aliphatic heterocycles. The molecule has 0 radical (unpaired) electrons. The molecule has 194 valence electrons. The molecule has 0 spiro atoms. The van der Waals surface area contributed by atoms with Crippen LogP contribution in [0.4, 0.5) is 32.6 Å². The summed E-state index contributed by atoms with van der Waals surface area (Å²) in [4.78, 5) is 47.6. The fourth-order valence-electron chi connectivity index (χ4n) is 4.26. The van der Waals surface area contributed by atoms with E-state index in [1.54, 1.807) is 6.92 Å². The Morgan fingerprint density at radius 1 is 1.22 bits per heavy atom. The molecule has 37 heavy (non-hydrogen) atoms. The highest BCUT2D eigenvalue weighted by molar-refractivity contribution is 5.98. The Hall–Kier alpha value is -4.10. The van der Waals surface area contributed by atoms with Crippen LogP contribution in [-0.4, -0.2) is 51.3 Å². The molecule has 4 heterocycles. The Labute approximate surface area is 205 Å². The van der Waals surface area contributed by atoms with E-state index in [4.69, 9.17) is 0 Å². The summed E-state index contributed by atoms with van der Waals surface area (Å²) in [7, 11) is 0. The molecule has 2 N–H and O–H groups in total. The Bertz CT molecular complexity index is 1490. The van der Waals surface area contributed by atoms with Crippen LogP contribution >= 0.6 is 0 Å². The minimum Gasteiger partial charge on any atom is -0.340 e. The van der Waals surface area contributed by atoms with Crippen LogP contribution in [0.5, 0.6) is 0 Å². The molecule has 1 saturated heterocycles. The van der Waals surface area contributed by atoms with E-state index >= 15 is 0 Å². The van der Waals surface area contributed by atoms with Crippen LogP contribution in [0, 0.1) is 17.6 Å². The second-order valence-corrected chi connectivity index (χ2v) is 9.03. The topological polar surface area (TPSA) is 109 Å². The number of fused-ring (bicyclic) bond motifs is 1. The normalized spacial score (nSPS) is 18.7. The number of rotatable bonds is 5. The monoisotopic (exact) mass is 522 g/mol. The van der Waals surface area contributed by atoms with E-state index in [9.17, 15) is 36.3 Å². The predicted octanol–water partition coefficient (Wildman–Crippen LogP) is 3.05. The van der Waals surface area contributed by atoms with Gasteiger partial charge < -0.3 is 10.6 Å². The maximum atomic E-state index is 14.7. The summed E-state index contributed by atoms with van der Waals surface area (Å²) in [5.41, 5.74) is -1.91. The summed E-state index contributed by atoms with van der Waals surface area (Å²) in [5, 5.41) is 4.31. The minimum absolute atomic E-state index is 0.0908. The summed E-state index contributed by atoms with van der Waals surface area (Å²) in [6.07, 6.45) is -2.69. The lowest BCUT2D eigenvalue weighted by molar-refractivity contribution is -0.158. The fraction of sp³-hybridized carbons (Fsp3) is 0.348. The van der Waals surface area contributed by atoms with E-state index in [0.29, 0.717) is 12.3 Å². The molecular weight excluding hydrogens is 503 g/mol. The van der Waals surface area contributed by atoms with E-state index in [2.05, 4.69) is 15.3 Å². The maximum absolute atomic E-state index is 14.7. The van der Waals surface area contributed by atoms with Gasteiger partial charge in [0.25, 0.3) is 5.91 Å². The van der Waals surface area contributed by atoms with E-state index in [-0.39, 0.29) is 42.3 Å². The van der Waals surface area contributed by atoms with Crippen molar-refractivity contribution in [2.45, 2.75) is 38.0 Å². The Kier molecular flexibility index (Phi) is 5.83. The zero-order valence-corrected chi connectivity index (χ0v) is 19.1. The van der Waals surface area contributed by atoms with Gasteiger partial charge in [0.15, 0.2) is 17.3 Å². The molecule has 2 atom stereocenters. The van der Waals surface area contributed by atoms with Gasteiger partial charge in [-0.15, -0.1) is 0 Å². The minimum atomic E-state index is -4.73. The lowest BCUT2D eigenvalue weighted by Gasteiger charge is -2.22. The molecule has 2 fully saturated rings. The molecule has 3 aromatic heterocycles. The SMILES string of the molecule is C[C@@H]1CN(c2ccc3c(=O)c(C(=O)NC(C4CC4)C(F)(F)F)cn(-c4ncc(F)cc4F)c3n2)C(=O)N1. The second kappa shape index (κ2) is 8.78. The van der Waals surface area contributed by atoms with Gasteiger partial charge in [0.1, 0.15) is 23.2 Å². The van der Waals surface area contributed by atoms with E-state index < -0.39 is 58.5 Å². The van der Waals surface area contributed by atoms with Crippen molar-refractivity contribution in [1.82, 2.24) is 25.2 Å². The van der Waals surface area contributed by atoms with Gasteiger partial charge in [0.2, 0.25) is 5.43 Å². The lowest BCUT2D eigenvalue weighted by Crippen LogP contribution is -2.48. The van der Waals surface area contributed by atoms with Gasteiger partial charge in [0.05, 0.1) is 11.6 Å². The van der Waals surface area contributed by atoms with E-state index in [1.165, 1.54) is 17.0 Å². The molecular formula is C23H19F5N6O3. The van der Waals surface area contributed by atoms with Crippen molar-refractivity contribution < 1.29 is 31.5 Å². The summed E-state index contributed by atoms with van der Waals surface area (Å²) in [5.74, 6) is -4.76. The highest BCUT2D eigenvalue weighted by Crippen LogP contribution is 2.40. The average Bonchev–Trinajstić information content (AvgIpc) is 3.60.